The zero-order valence-corrected chi connectivity index (χ0v) is 13.7. The van der Waals surface area contributed by atoms with Crippen molar-refractivity contribution in [2.75, 3.05) is 19.6 Å². The van der Waals surface area contributed by atoms with Gasteiger partial charge in [-0.2, -0.15) is 0 Å². The van der Waals surface area contributed by atoms with Gasteiger partial charge in [0.1, 0.15) is 5.75 Å². The van der Waals surface area contributed by atoms with E-state index in [1.165, 1.54) is 4.88 Å². The summed E-state index contributed by atoms with van der Waals surface area (Å²) in [4.78, 5) is 5.95. The van der Waals surface area contributed by atoms with Crippen molar-refractivity contribution in [3.05, 3.63) is 52.2 Å². The van der Waals surface area contributed by atoms with Gasteiger partial charge < -0.3 is 15.7 Å². The van der Waals surface area contributed by atoms with Crippen molar-refractivity contribution < 1.29 is 5.11 Å². The first kappa shape index (κ1) is 16.4. The lowest BCUT2D eigenvalue weighted by molar-refractivity contribution is 0.474. The van der Waals surface area contributed by atoms with Crippen molar-refractivity contribution >= 4 is 17.3 Å². The number of phenolic OH excluding ortho intramolecular Hbond substituents is 1. The summed E-state index contributed by atoms with van der Waals surface area (Å²) in [7, 11) is 0. The molecule has 1 aromatic carbocycles. The van der Waals surface area contributed by atoms with E-state index in [1.54, 1.807) is 23.5 Å². The monoisotopic (exact) mass is 317 g/mol. The first-order valence-electron chi connectivity index (χ1n) is 7.60. The molecule has 4 nitrogen and oxygen atoms in total. The Bertz CT molecular complexity index is 581. The van der Waals surface area contributed by atoms with Crippen LogP contribution in [0.2, 0.25) is 0 Å². The maximum Gasteiger partial charge on any atom is 0.191 e. The van der Waals surface area contributed by atoms with Crippen LogP contribution in [-0.4, -0.2) is 30.7 Å². The Kier molecular flexibility index (Phi) is 6.77. The fraction of sp³-hybridized carbons (Fsp3) is 0.353. The second-order valence-electron chi connectivity index (χ2n) is 4.94. The molecule has 0 amide bonds. The minimum absolute atomic E-state index is 0.314. The summed E-state index contributed by atoms with van der Waals surface area (Å²) in [6, 6.07) is 11.6. The smallest absolute Gasteiger partial charge is 0.191 e. The van der Waals surface area contributed by atoms with Crippen LogP contribution in [0.1, 0.15) is 17.4 Å². The summed E-state index contributed by atoms with van der Waals surface area (Å²) >= 11 is 1.77. The Morgan fingerprint density at radius 3 is 2.82 bits per heavy atom. The van der Waals surface area contributed by atoms with Crippen molar-refractivity contribution in [1.82, 2.24) is 10.6 Å². The number of thiophene rings is 1. The first-order chi connectivity index (χ1) is 10.8. The first-order valence-corrected chi connectivity index (χ1v) is 8.48. The van der Waals surface area contributed by atoms with E-state index in [0.717, 1.165) is 44.0 Å². The third kappa shape index (κ3) is 5.77. The molecule has 0 aliphatic carbocycles. The van der Waals surface area contributed by atoms with Crippen molar-refractivity contribution in [2.24, 2.45) is 4.99 Å². The molecular weight excluding hydrogens is 294 g/mol. The number of guanidine groups is 1. The topological polar surface area (TPSA) is 56.7 Å². The molecule has 2 aromatic rings. The van der Waals surface area contributed by atoms with Crippen LogP contribution in [0.4, 0.5) is 0 Å². The number of rotatable bonds is 7. The molecule has 0 aliphatic rings. The van der Waals surface area contributed by atoms with Crippen LogP contribution in [0.15, 0.2) is 46.8 Å². The molecular formula is C17H23N3OS. The third-order valence-electron chi connectivity index (χ3n) is 3.17. The van der Waals surface area contributed by atoms with Gasteiger partial charge in [0.2, 0.25) is 0 Å². The molecule has 5 heteroatoms. The molecule has 0 saturated carbocycles. The number of phenols is 1. The van der Waals surface area contributed by atoms with Crippen LogP contribution in [0, 0.1) is 0 Å². The van der Waals surface area contributed by atoms with Crippen LogP contribution < -0.4 is 10.6 Å². The highest BCUT2D eigenvalue weighted by molar-refractivity contribution is 7.09. The fourth-order valence-electron chi connectivity index (χ4n) is 2.11. The van der Waals surface area contributed by atoms with Gasteiger partial charge in [0.05, 0.1) is 0 Å². The van der Waals surface area contributed by atoms with E-state index in [4.69, 9.17) is 0 Å². The second kappa shape index (κ2) is 9.10. The summed E-state index contributed by atoms with van der Waals surface area (Å²) in [6.07, 6.45) is 1.82. The van der Waals surface area contributed by atoms with E-state index < -0.39 is 0 Å². The number of nitrogens with one attached hydrogen (secondary N) is 2. The van der Waals surface area contributed by atoms with Crippen LogP contribution in [0.5, 0.6) is 5.75 Å². The summed E-state index contributed by atoms with van der Waals surface area (Å²) in [5.41, 5.74) is 1.11. The van der Waals surface area contributed by atoms with E-state index in [1.807, 2.05) is 12.1 Å². The molecule has 0 radical (unpaired) electrons. The number of hydrogen-bond acceptors (Lipinski definition) is 3. The van der Waals surface area contributed by atoms with Crippen LogP contribution in [0.3, 0.4) is 0 Å². The second-order valence-corrected chi connectivity index (χ2v) is 5.97. The Morgan fingerprint density at radius 2 is 2.09 bits per heavy atom. The van der Waals surface area contributed by atoms with Crippen molar-refractivity contribution in [2.45, 2.75) is 19.8 Å². The van der Waals surface area contributed by atoms with Gasteiger partial charge in [-0.05, 0) is 42.5 Å². The van der Waals surface area contributed by atoms with E-state index >= 15 is 0 Å². The van der Waals surface area contributed by atoms with Crippen molar-refractivity contribution in [1.29, 1.82) is 0 Å². The Labute approximate surface area is 135 Å². The molecule has 0 unspecified atom stereocenters. The van der Waals surface area contributed by atoms with Gasteiger partial charge in [-0.25, -0.2) is 0 Å². The number of aromatic hydroxyl groups is 1. The third-order valence-corrected chi connectivity index (χ3v) is 4.11. The van der Waals surface area contributed by atoms with Gasteiger partial charge in [-0.1, -0.05) is 18.2 Å². The molecule has 3 N–H and O–H groups in total. The van der Waals surface area contributed by atoms with Crippen molar-refractivity contribution in [3.8, 4) is 5.75 Å². The summed E-state index contributed by atoms with van der Waals surface area (Å²) in [5, 5.41) is 18.1. The minimum Gasteiger partial charge on any atom is -0.508 e. The number of nitrogens with zero attached hydrogens (tertiary/aromatic N) is 1. The van der Waals surface area contributed by atoms with E-state index in [2.05, 4.69) is 40.1 Å². The van der Waals surface area contributed by atoms with E-state index in [9.17, 15) is 5.11 Å². The lowest BCUT2D eigenvalue weighted by Gasteiger charge is -2.11. The van der Waals surface area contributed by atoms with E-state index in [0.29, 0.717) is 5.75 Å². The maximum atomic E-state index is 9.46. The number of benzene rings is 1. The normalized spacial score (nSPS) is 11.4. The van der Waals surface area contributed by atoms with Crippen LogP contribution in [0.25, 0.3) is 0 Å². The molecule has 22 heavy (non-hydrogen) atoms. The summed E-state index contributed by atoms with van der Waals surface area (Å²) < 4.78 is 0. The van der Waals surface area contributed by atoms with Crippen LogP contribution in [-0.2, 0) is 12.8 Å². The molecule has 0 fully saturated rings. The van der Waals surface area contributed by atoms with Gasteiger partial charge in [0.25, 0.3) is 0 Å². The van der Waals surface area contributed by atoms with Gasteiger partial charge in [-0.15, -0.1) is 11.3 Å². The zero-order chi connectivity index (χ0) is 15.6. The summed E-state index contributed by atoms with van der Waals surface area (Å²) in [5.74, 6) is 1.16. The van der Waals surface area contributed by atoms with Gasteiger partial charge in [0, 0.05) is 30.9 Å². The average molecular weight is 317 g/mol. The molecule has 1 aromatic heterocycles. The Morgan fingerprint density at radius 1 is 1.18 bits per heavy atom. The molecule has 2 rings (SSSR count). The molecule has 0 spiro atoms. The quantitative estimate of drug-likeness (QED) is 0.544. The zero-order valence-electron chi connectivity index (χ0n) is 12.9. The Balaban J connectivity index is 1.77. The van der Waals surface area contributed by atoms with E-state index in [-0.39, 0.29) is 0 Å². The highest BCUT2D eigenvalue weighted by Crippen LogP contribution is 2.11. The SMILES string of the molecule is CCNC(=NCCc1cccs1)NCCc1cccc(O)c1. The van der Waals surface area contributed by atoms with Gasteiger partial charge in [0.15, 0.2) is 5.96 Å². The summed E-state index contributed by atoms with van der Waals surface area (Å²) in [6.45, 7) is 4.47. The van der Waals surface area contributed by atoms with Crippen LogP contribution >= 0.6 is 11.3 Å². The molecule has 0 aliphatic heterocycles. The predicted molar refractivity (Wildman–Crippen MR) is 93.8 cm³/mol. The molecule has 0 saturated heterocycles. The van der Waals surface area contributed by atoms with Gasteiger partial charge in [-0.3, -0.25) is 4.99 Å². The number of hydrogen-bond donors (Lipinski definition) is 3. The molecule has 118 valence electrons. The highest BCUT2D eigenvalue weighted by atomic mass is 32.1. The maximum absolute atomic E-state index is 9.46. The average Bonchev–Trinajstić information content (AvgIpc) is 3.01. The molecule has 1 heterocycles. The standard InChI is InChI=1S/C17H23N3OS/c1-2-18-17(20-11-9-16-7-4-12-22-16)19-10-8-14-5-3-6-15(21)13-14/h3-7,12-13,21H,2,8-11H2,1H3,(H2,18,19,20). The largest absolute Gasteiger partial charge is 0.508 e. The predicted octanol–water partition coefficient (Wildman–Crippen LogP) is 2.79. The Hall–Kier alpha value is -2.01. The lowest BCUT2D eigenvalue weighted by Crippen LogP contribution is -2.38. The lowest BCUT2D eigenvalue weighted by atomic mass is 10.1. The molecule has 0 bridgehead atoms. The van der Waals surface area contributed by atoms with Gasteiger partial charge >= 0.3 is 0 Å². The van der Waals surface area contributed by atoms with Crippen molar-refractivity contribution in [3.63, 3.8) is 0 Å². The number of aliphatic imine (C=N–C) groups is 1. The minimum atomic E-state index is 0.314. The fourth-order valence-corrected chi connectivity index (χ4v) is 2.81. The molecule has 0 atom stereocenters. The highest BCUT2D eigenvalue weighted by Gasteiger charge is 1.99.